The van der Waals surface area contributed by atoms with Gasteiger partial charge in [-0.05, 0) is 26.8 Å². The molecule has 3 heteroatoms. The van der Waals surface area contributed by atoms with Crippen LogP contribution in [0, 0.1) is 6.92 Å². The summed E-state index contributed by atoms with van der Waals surface area (Å²) in [4.78, 5) is 6.01. The van der Waals surface area contributed by atoms with Crippen LogP contribution in [0.3, 0.4) is 0 Å². The Morgan fingerprint density at radius 1 is 1.33 bits per heavy atom. The maximum atomic E-state index is 4.62. The van der Waals surface area contributed by atoms with Crippen LogP contribution in [0.15, 0.2) is 0 Å². The monoisotopic (exact) mass is 226 g/mol. The van der Waals surface area contributed by atoms with E-state index >= 15 is 0 Å². The van der Waals surface area contributed by atoms with Crippen molar-refractivity contribution < 1.29 is 0 Å². The van der Waals surface area contributed by atoms with Gasteiger partial charge in [-0.15, -0.1) is 11.3 Å². The molecule has 0 radical (unpaired) electrons. The highest BCUT2D eigenvalue weighted by molar-refractivity contribution is 7.11. The molecular formula is C12H22N2S. The van der Waals surface area contributed by atoms with Gasteiger partial charge in [-0.25, -0.2) is 4.98 Å². The van der Waals surface area contributed by atoms with Crippen molar-refractivity contribution in [1.82, 2.24) is 10.3 Å². The smallest absolute Gasteiger partial charge is 0.0956 e. The van der Waals surface area contributed by atoms with Crippen LogP contribution in [0.25, 0.3) is 0 Å². The van der Waals surface area contributed by atoms with Crippen molar-refractivity contribution in [3.8, 4) is 0 Å². The van der Waals surface area contributed by atoms with Gasteiger partial charge in [-0.3, -0.25) is 0 Å². The van der Waals surface area contributed by atoms with E-state index in [0.717, 1.165) is 6.54 Å². The lowest BCUT2D eigenvalue weighted by Crippen LogP contribution is -2.18. The van der Waals surface area contributed by atoms with E-state index < -0.39 is 0 Å². The number of thiazole rings is 1. The van der Waals surface area contributed by atoms with Crippen LogP contribution >= 0.6 is 11.3 Å². The van der Waals surface area contributed by atoms with E-state index in [1.54, 1.807) is 0 Å². The summed E-state index contributed by atoms with van der Waals surface area (Å²) in [6.45, 7) is 12.0. The van der Waals surface area contributed by atoms with Crippen molar-refractivity contribution >= 4 is 11.3 Å². The summed E-state index contributed by atoms with van der Waals surface area (Å²) < 4.78 is 0. The van der Waals surface area contributed by atoms with E-state index in [1.165, 1.54) is 22.0 Å². The maximum Gasteiger partial charge on any atom is 0.0956 e. The van der Waals surface area contributed by atoms with Gasteiger partial charge in [0.15, 0.2) is 0 Å². The number of aryl methyl sites for hydroxylation is 1. The first-order chi connectivity index (χ1) is 7.06. The van der Waals surface area contributed by atoms with Crippen molar-refractivity contribution in [2.24, 2.45) is 0 Å². The fourth-order valence-corrected chi connectivity index (χ4v) is 2.63. The van der Waals surface area contributed by atoms with Crippen molar-refractivity contribution in [2.75, 3.05) is 6.54 Å². The summed E-state index contributed by atoms with van der Waals surface area (Å²) in [5.74, 6) is 0.542. The second kappa shape index (κ2) is 5.61. The molecule has 1 aromatic heterocycles. The van der Waals surface area contributed by atoms with Crippen LogP contribution in [0.2, 0.25) is 0 Å². The highest BCUT2D eigenvalue weighted by atomic mass is 32.1. The third-order valence-electron chi connectivity index (χ3n) is 2.44. The van der Waals surface area contributed by atoms with Crippen LogP contribution in [-0.2, 0) is 0 Å². The molecule has 1 heterocycles. The van der Waals surface area contributed by atoms with Gasteiger partial charge in [0.25, 0.3) is 0 Å². The Balaban J connectivity index is 2.75. The first kappa shape index (κ1) is 12.7. The molecule has 0 amide bonds. The third-order valence-corrected chi connectivity index (χ3v) is 4.08. The molecule has 1 rings (SSSR count). The Morgan fingerprint density at radius 3 is 2.47 bits per heavy atom. The molecule has 1 atom stereocenters. The molecule has 1 unspecified atom stereocenters. The molecule has 0 aliphatic carbocycles. The van der Waals surface area contributed by atoms with E-state index in [0.29, 0.717) is 12.0 Å². The maximum absolute atomic E-state index is 4.62. The van der Waals surface area contributed by atoms with Crippen LogP contribution in [-0.4, -0.2) is 11.5 Å². The van der Waals surface area contributed by atoms with E-state index in [2.05, 4.69) is 44.9 Å². The second-order valence-electron chi connectivity index (χ2n) is 4.33. The summed E-state index contributed by atoms with van der Waals surface area (Å²) in [5.41, 5.74) is 1.19. The molecule has 0 aliphatic rings. The summed E-state index contributed by atoms with van der Waals surface area (Å²) in [7, 11) is 0. The van der Waals surface area contributed by atoms with Gasteiger partial charge in [-0.2, -0.15) is 0 Å². The molecule has 0 aromatic carbocycles. The average Bonchev–Trinajstić information content (AvgIpc) is 2.57. The quantitative estimate of drug-likeness (QED) is 0.829. The molecule has 0 saturated heterocycles. The van der Waals surface area contributed by atoms with Crippen LogP contribution in [0.4, 0.5) is 0 Å². The lowest BCUT2D eigenvalue weighted by Gasteiger charge is -2.11. The van der Waals surface area contributed by atoms with Crippen molar-refractivity contribution in [1.29, 1.82) is 0 Å². The molecule has 0 fully saturated rings. The van der Waals surface area contributed by atoms with Crippen molar-refractivity contribution in [2.45, 2.75) is 53.0 Å². The van der Waals surface area contributed by atoms with Gasteiger partial charge in [-0.1, -0.05) is 20.8 Å². The Hall–Kier alpha value is -0.410. The fourth-order valence-electron chi connectivity index (χ4n) is 1.53. The van der Waals surface area contributed by atoms with Crippen molar-refractivity contribution in [3.05, 3.63) is 15.6 Å². The zero-order valence-corrected chi connectivity index (χ0v) is 11.2. The zero-order valence-electron chi connectivity index (χ0n) is 10.4. The molecule has 2 nitrogen and oxygen atoms in total. The first-order valence-electron chi connectivity index (χ1n) is 5.76. The minimum atomic E-state index is 0.440. The molecule has 0 saturated carbocycles. The molecular weight excluding hydrogens is 204 g/mol. The highest BCUT2D eigenvalue weighted by Gasteiger charge is 2.14. The average molecular weight is 226 g/mol. The minimum absolute atomic E-state index is 0.440. The molecule has 1 N–H and O–H groups in total. The number of hydrogen-bond donors (Lipinski definition) is 1. The fraction of sp³-hybridized carbons (Fsp3) is 0.750. The molecule has 15 heavy (non-hydrogen) atoms. The molecule has 86 valence electrons. The Bertz CT molecular complexity index is 305. The Morgan fingerprint density at radius 2 is 2.00 bits per heavy atom. The zero-order chi connectivity index (χ0) is 11.4. The largest absolute Gasteiger partial charge is 0.309 e. The van der Waals surface area contributed by atoms with Crippen molar-refractivity contribution in [3.63, 3.8) is 0 Å². The topological polar surface area (TPSA) is 24.9 Å². The summed E-state index contributed by atoms with van der Waals surface area (Å²) in [5, 5.41) is 4.77. The number of rotatable bonds is 5. The van der Waals surface area contributed by atoms with E-state index in [4.69, 9.17) is 0 Å². The number of nitrogens with zero attached hydrogens (tertiary/aromatic N) is 1. The van der Waals surface area contributed by atoms with Crippen LogP contribution in [0.5, 0.6) is 0 Å². The van der Waals surface area contributed by atoms with Crippen LogP contribution < -0.4 is 5.32 Å². The molecule has 0 aliphatic heterocycles. The molecule has 0 spiro atoms. The predicted octanol–water partition coefficient (Wildman–Crippen LogP) is 3.64. The highest BCUT2D eigenvalue weighted by Crippen LogP contribution is 2.28. The van der Waals surface area contributed by atoms with Gasteiger partial charge in [0.1, 0.15) is 0 Å². The third kappa shape index (κ3) is 3.28. The van der Waals surface area contributed by atoms with Gasteiger partial charge < -0.3 is 5.32 Å². The summed E-state index contributed by atoms with van der Waals surface area (Å²) in [6.07, 6.45) is 1.18. The first-order valence-corrected chi connectivity index (χ1v) is 6.58. The molecule has 0 bridgehead atoms. The predicted molar refractivity (Wildman–Crippen MR) is 67.6 cm³/mol. The summed E-state index contributed by atoms with van der Waals surface area (Å²) >= 11 is 1.85. The van der Waals surface area contributed by atoms with E-state index in [1.807, 2.05) is 11.3 Å². The number of nitrogens with one attached hydrogen (secondary N) is 1. The SMILES string of the molecule is CCCNC(C)c1sc(C(C)C)nc1C. The number of hydrogen-bond acceptors (Lipinski definition) is 3. The van der Waals surface area contributed by atoms with Gasteiger partial charge >= 0.3 is 0 Å². The van der Waals surface area contributed by atoms with E-state index in [9.17, 15) is 0 Å². The van der Waals surface area contributed by atoms with E-state index in [-0.39, 0.29) is 0 Å². The minimum Gasteiger partial charge on any atom is -0.309 e. The lowest BCUT2D eigenvalue weighted by molar-refractivity contribution is 0.575. The van der Waals surface area contributed by atoms with Gasteiger partial charge in [0.2, 0.25) is 0 Å². The summed E-state index contributed by atoms with van der Waals surface area (Å²) in [6, 6.07) is 0.440. The second-order valence-corrected chi connectivity index (χ2v) is 5.39. The Labute approximate surface area is 97.1 Å². The normalized spacial score (nSPS) is 13.5. The molecule has 1 aromatic rings. The Kier molecular flexibility index (Phi) is 4.74. The van der Waals surface area contributed by atoms with Crippen LogP contribution in [0.1, 0.15) is 61.7 Å². The van der Waals surface area contributed by atoms with Gasteiger partial charge in [0.05, 0.1) is 10.7 Å². The van der Waals surface area contributed by atoms with Gasteiger partial charge in [0, 0.05) is 16.8 Å². The number of aromatic nitrogens is 1. The lowest BCUT2D eigenvalue weighted by atomic mass is 10.2. The standard InChI is InChI=1S/C12H22N2S/c1-6-7-13-9(4)11-10(5)14-12(15-11)8(2)3/h8-9,13H,6-7H2,1-5H3.